The van der Waals surface area contributed by atoms with Crippen LogP contribution in [0.1, 0.15) is 73.3 Å². The third-order valence-corrected chi connectivity index (χ3v) is 9.97. The van der Waals surface area contributed by atoms with Gasteiger partial charge in [-0.25, -0.2) is 12.8 Å². The molecule has 1 amide bonds. The molecular weight excluding hydrogens is 527 g/mol. The van der Waals surface area contributed by atoms with Gasteiger partial charge in [0.25, 0.3) is 5.91 Å². The highest BCUT2D eigenvalue weighted by molar-refractivity contribution is 7.91. The summed E-state index contributed by atoms with van der Waals surface area (Å²) < 4.78 is 55.0. The van der Waals surface area contributed by atoms with Crippen molar-refractivity contribution in [1.82, 2.24) is 4.57 Å². The quantitative estimate of drug-likeness (QED) is 0.435. The van der Waals surface area contributed by atoms with E-state index < -0.39 is 27.0 Å². The molecule has 5 N–H and O–H groups in total. The summed E-state index contributed by atoms with van der Waals surface area (Å²) in [6.07, 6.45) is 2.96. The Balaban J connectivity index is 1.50. The van der Waals surface area contributed by atoms with Crippen LogP contribution in [0.2, 0.25) is 0 Å². The van der Waals surface area contributed by atoms with E-state index >= 15 is 4.39 Å². The van der Waals surface area contributed by atoms with Gasteiger partial charge in [0.2, 0.25) is 0 Å². The summed E-state index contributed by atoms with van der Waals surface area (Å²) in [7, 11) is -3.57. The minimum Gasteiger partial charge on any atom is -0.462 e. The van der Waals surface area contributed by atoms with Crippen molar-refractivity contribution >= 4 is 27.4 Å². The highest BCUT2D eigenvalue weighted by Gasteiger charge is 2.43. The molecule has 39 heavy (non-hydrogen) atoms. The molecule has 3 heterocycles. The molecule has 0 saturated heterocycles. The molecule has 1 aromatic heterocycles. The van der Waals surface area contributed by atoms with E-state index in [-0.39, 0.29) is 66.2 Å². The average Bonchev–Trinajstić information content (AvgIpc) is 3.38. The first-order chi connectivity index (χ1) is 18.4. The number of rotatable bonds is 7. The maximum absolute atomic E-state index is 15.5. The maximum Gasteiger partial charge on any atom is 0.307 e. The monoisotopic (exact) mass is 562 g/mol. The van der Waals surface area contributed by atoms with Gasteiger partial charge in [0.15, 0.2) is 9.84 Å². The summed E-state index contributed by atoms with van der Waals surface area (Å²) in [5.41, 5.74) is 12.8. The number of hydrogen-bond donors (Lipinski definition) is 3. The molecule has 0 unspecified atom stereocenters. The Morgan fingerprint density at radius 1 is 1.18 bits per heavy atom. The standard InChI is InChI=1S/C27H35FN4O6S/c1-27(2)11-21-25(39(35,36)14-27)18-12-37-13-22(18)32(21)16-9-19(28)24(26(30)34)20(10-16)31-15-3-5-17(6-4-15)38-23(33)7-8-29/h9-10,15,17,31H,3-8,11-14,29H2,1-2H3,(H2,30,34). The molecule has 1 aliphatic carbocycles. The number of anilines is 1. The van der Waals surface area contributed by atoms with Crippen LogP contribution in [0.25, 0.3) is 5.69 Å². The Morgan fingerprint density at radius 3 is 2.56 bits per heavy atom. The number of nitrogens with one attached hydrogen (secondary N) is 1. The number of benzene rings is 1. The van der Waals surface area contributed by atoms with Crippen molar-refractivity contribution in [3.63, 3.8) is 0 Å². The van der Waals surface area contributed by atoms with E-state index in [0.717, 1.165) is 0 Å². The van der Waals surface area contributed by atoms with E-state index in [1.54, 1.807) is 10.6 Å². The van der Waals surface area contributed by atoms with Crippen molar-refractivity contribution in [3.8, 4) is 5.69 Å². The van der Waals surface area contributed by atoms with Crippen LogP contribution in [-0.4, -0.2) is 49.3 Å². The molecule has 212 valence electrons. The molecule has 2 aromatic rings. The fourth-order valence-electron chi connectivity index (χ4n) is 6.18. The number of primary amides is 1. The molecule has 0 spiro atoms. The second-order valence-corrected chi connectivity index (χ2v) is 13.4. The summed E-state index contributed by atoms with van der Waals surface area (Å²) in [6, 6.07) is 2.78. The normalized spacial score (nSPS) is 23.1. The Hall–Kier alpha value is -2.96. The number of hydrogen-bond acceptors (Lipinski definition) is 8. The molecule has 3 aliphatic rings. The van der Waals surface area contributed by atoms with Crippen molar-refractivity contribution < 1.29 is 31.9 Å². The number of fused-ring (bicyclic) bond motifs is 3. The van der Waals surface area contributed by atoms with Gasteiger partial charge in [-0.1, -0.05) is 13.8 Å². The first kappa shape index (κ1) is 27.6. The van der Waals surface area contributed by atoms with Gasteiger partial charge in [0.1, 0.15) is 11.9 Å². The minimum atomic E-state index is -3.57. The van der Waals surface area contributed by atoms with Crippen LogP contribution < -0.4 is 16.8 Å². The van der Waals surface area contributed by atoms with Gasteiger partial charge in [-0.05, 0) is 49.7 Å². The van der Waals surface area contributed by atoms with Crippen molar-refractivity contribution in [2.24, 2.45) is 16.9 Å². The van der Waals surface area contributed by atoms with Gasteiger partial charge in [-0.15, -0.1) is 0 Å². The predicted octanol–water partition coefficient (Wildman–Crippen LogP) is 2.72. The van der Waals surface area contributed by atoms with Crippen LogP contribution in [0.3, 0.4) is 0 Å². The number of carbonyl (C=O) groups is 2. The highest BCUT2D eigenvalue weighted by Crippen LogP contribution is 2.44. The van der Waals surface area contributed by atoms with Crippen LogP contribution in [0.15, 0.2) is 17.0 Å². The lowest BCUT2D eigenvalue weighted by Crippen LogP contribution is -2.33. The minimum absolute atomic E-state index is 0.0233. The van der Waals surface area contributed by atoms with E-state index in [9.17, 15) is 18.0 Å². The predicted molar refractivity (Wildman–Crippen MR) is 142 cm³/mol. The van der Waals surface area contributed by atoms with Gasteiger partial charge >= 0.3 is 5.97 Å². The Morgan fingerprint density at radius 2 is 1.90 bits per heavy atom. The van der Waals surface area contributed by atoms with Crippen molar-refractivity contribution in [2.45, 2.75) is 82.6 Å². The molecule has 0 radical (unpaired) electrons. The Labute approximate surface area is 227 Å². The molecule has 5 rings (SSSR count). The Bertz CT molecular complexity index is 1430. The first-order valence-electron chi connectivity index (χ1n) is 13.3. The highest BCUT2D eigenvalue weighted by atomic mass is 32.2. The number of halogens is 1. The van der Waals surface area contributed by atoms with Crippen LogP contribution in [0.5, 0.6) is 0 Å². The van der Waals surface area contributed by atoms with E-state index in [2.05, 4.69) is 5.32 Å². The molecule has 0 bridgehead atoms. The van der Waals surface area contributed by atoms with Crippen LogP contribution in [0, 0.1) is 11.2 Å². The van der Waals surface area contributed by atoms with E-state index in [1.807, 2.05) is 13.8 Å². The maximum atomic E-state index is 15.5. The molecule has 2 aliphatic heterocycles. The number of amides is 1. The topological polar surface area (TPSA) is 156 Å². The number of nitrogens with zero attached hydrogens (tertiary/aromatic N) is 1. The summed E-state index contributed by atoms with van der Waals surface area (Å²) in [5, 5.41) is 3.29. The molecule has 12 heteroatoms. The average molecular weight is 563 g/mol. The summed E-state index contributed by atoms with van der Waals surface area (Å²) in [6.45, 7) is 4.42. The number of carbonyl (C=O) groups excluding carboxylic acids is 2. The smallest absolute Gasteiger partial charge is 0.307 e. The van der Waals surface area contributed by atoms with Crippen LogP contribution >= 0.6 is 0 Å². The summed E-state index contributed by atoms with van der Waals surface area (Å²) in [4.78, 5) is 24.4. The van der Waals surface area contributed by atoms with E-state index in [1.165, 1.54) is 6.07 Å². The number of sulfone groups is 1. The van der Waals surface area contributed by atoms with Crippen molar-refractivity contribution in [3.05, 3.63) is 40.5 Å². The lowest BCUT2D eigenvalue weighted by molar-refractivity contribution is -0.150. The summed E-state index contributed by atoms with van der Waals surface area (Å²) >= 11 is 0. The molecule has 0 atom stereocenters. The van der Waals surface area contributed by atoms with Crippen molar-refractivity contribution in [1.29, 1.82) is 0 Å². The van der Waals surface area contributed by atoms with Crippen LogP contribution in [0.4, 0.5) is 10.1 Å². The van der Waals surface area contributed by atoms with Crippen molar-refractivity contribution in [2.75, 3.05) is 17.6 Å². The number of nitrogens with two attached hydrogens (primary N) is 2. The van der Waals surface area contributed by atoms with Gasteiger partial charge < -0.3 is 30.8 Å². The number of aromatic nitrogens is 1. The van der Waals surface area contributed by atoms with Gasteiger partial charge in [-0.3, -0.25) is 9.59 Å². The second kappa shape index (κ2) is 10.2. The lowest BCUT2D eigenvalue weighted by Gasteiger charge is -2.31. The van der Waals surface area contributed by atoms with Gasteiger partial charge in [0.05, 0.1) is 52.9 Å². The lowest BCUT2D eigenvalue weighted by atomic mass is 9.89. The third-order valence-electron chi connectivity index (χ3n) is 7.71. The molecule has 1 fully saturated rings. The molecule has 1 saturated carbocycles. The SMILES string of the molecule is CC1(C)Cc2c(c3c(n2-c2cc(F)c(C(N)=O)c(NC4CCC(OC(=O)CCN)CC4)c2)COC3)S(=O)(=O)C1. The third kappa shape index (κ3) is 5.29. The zero-order valence-electron chi connectivity index (χ0n) is 22.2. The fraction of sp³-hybridized carbons (Fsp3) is 0.556. The zero-order chi connectivity index (χ0) is 28.1. The number of ether oxygens (including phenoxy) is 2. The molecule has 10 nitrogen and oxygen atoms in total. The Kier molecular flexibility index (Phi) is 7.23. The molecule has 1 aromatic carbocycles. The molecular formula is C27H35FN4O6S. The number of esters is 1. The first-order valence-corrected chi connectivity index (χ1v) is 14.9. The van der Waals surface area contributed by atoms with E-state index in [4.69, 9.17) is 20.9 Å². The zero-order valence-corrected chi connectivity index (χ0v) is 23.0. The summed E-state index contributed by atoms with van der Waals surface area (Å²) in [5.74, 6) is -2.00. The largest absolute Gasteiger partial charge is 0.462 e. The van der Waals surface area contributed by atoms with Gasteiger partial charge in [0, 0.05) is 23.8 Å². The van der Waals surface area contributed by atoms with E-state index in [0.29, 0.717) is 54.7 Å². The second-order valence-electron chi connectivity index (χ2n) is 11.5. The fourth-order valence-corrected chi connectivity index (χ4v) is 8.53. The van der Waals surface area contributed by atoms with Gasteiger partial charge in [-0.2, -0.15) is 0 Å². The van der Waals surface area contributed by atoms with Crippen LogP contribution in [-0.2, 0) is 43.7 Å².